The number of rotatable bonds is 6. The van der Waals surface area contributed by atoms with E-state index < -0.39 is 24.4 Å². The maximum atomic E-state index is 12.1. The molecule has 1 aromatic carbocycles. The van der Waals surface area contributed by atoms with Gasteiger partial charge in [0, 0.05) is 12.3 Å². The summed E-state index contributed by atoms with van der Waals surface area (Å²) in [5.41, 5.74) is 1.15. The molecule has 1 aromatic heterocycles. The van der Waals surface area contributed by atoms with Crippen molar-refractivity contribution in [2.45, 2.75) is 6.61 Å². The van der Waals surface area contributed by atoms with E-state index >= 15 is 0 Å². The van der Waals surface area contributed by atoms with Crippen molar-refractivity contribution in [1.82, 2.24) is 10.0 Å². The van der Waals surface area contributed by atoms with Crippen LogP contribution in [0, 0.1) is 0 Å². The molecule has 25 heavy (non-hydrogen) atoms. The summed E-state index contributed by atoms with van der Waals surface area (Å²) >= 11 is 0. The Morgan fingerprint density at radius 3 is 2.44 bits per heavy atom. The molecule has 8 nitrogen and oxygen atoms in total. The number of pyridine rings is 1. The zero-order valence-electron chi connectivity index (χ0n) is 13.3. The average Bonchev–Trinajstić information content (AvgIpc) is 2.87. The first-order chi connectivity index (χ1) is 12.1. The number of ether oxygens (including phenoxy) is 2. The molecule has 0 saturated heterocycles. The first kappa shape index (κ1) is 16.6. The van der Waals surface area contributed by atoms with E-state index in [2.05, 4.69) is 4.98 Å². The highest BCUT2D eigenvalue weighted by Crippen LogP contribution is 2.22. The van der Waals surface area contributed by atoms with E-state index in [1.165, 1.54) is 19.2 Å². The number of carbonyl (C=O) groups is 3. The zero-order chi connectivity index (χ0) is 17.8. The van der Waals surface area contributed by atoms with Gasteiger partial charge in [0.1, 0.15) is 6.61 Å². The summed E-state index contributed by atoms with van der Waals surface area (Å²) < 4.78 is 10.2. The van der Waals surface area contributed by atoms with Crippen LogP contribution in [-0.2, 0) is 21.0 Å². The van der Waals surface area contributed by atoms with E-state index in [4.69, 9.17) is 14.3 Å². The van der Waals surface area contributed by atoms with Crippen LogP contribution in [0.5, 0.6) is 5.88 Å². The van der Waals surface area contributed by atoms with Gasteiger partial charge in [-0.05, 0) is 23.8 Å². The van der Waals surface area contributed by atoms with E-state index in [1.807, 2.05) is 0 Å². The smallest absolute Gasteiger partial charge is 0.358 e. The van der Waals surface area contributed by atoms with Gasteiger partial charge in [0.15, 0.2) is 0 Å². The third-order valence-corrected chi connectivity index (χ3v) is 3.45. The monoisotopic (exact) mass is 342 g/mol. The van der Waals surface area contributed by atoms with Crippen LogP contribution in [0.4, 0.5) is 0 Å². The molecule has 0 bridgehead atoms. The van der Waals surface area contributed by atoms with Gasteiger partial charge < -0.3 is 14.3 Å². The van der Waals surface area contributed by atoms with Crippen molar-refractivity contribution in [3.63, 3.8) is 0 Å². The Morgan fingerprint density at radius 1 is 1.12 bits per heavy atom. The fourth-order valence-corrected chi connectivity index (χ4v) is 2.28. The third-order valence-electron chi connectivity index (χ3n) is 3.45. The second-order valence-electron chi connectivity index (χ2n) is 5.11. The number of aromatic nitrogens is 1. The predicted molar refractivity (Wildman–Crippen MR) is 83.5 cm³/mol. The molecule has 3 rings (SSSR count). The maximum absolute atomic E-state index is 12.1. The molecule has 0 unspecified atom stereocenters. The van der Waals surface area contributed by atoms with Gasteiger partial charge in [0.05, 0.1) is 24.8 Å². The maximum Gasteiger partial charge on any atom is 0.358 e. The molecular formula is C17H14N2O6. The quantitative estimate of drug-likeness (QED) is 0.732. The average molecular weight is 342 g/mol. The summed E-state index contributed by atoms with van der Waals surface area (Å²) in [7, 11) is 1.49. The SMILES string of the molecule is COc1cc(COCC(=O)ON2C(=O)c3ccccc3C2=O)ccn1. The number of imide groups is 1. The van der Waals surface area contributed by atoms with Crippen LogP contribution >= 0.6 is 0 Å². The van der Waals surface area contributed by atoms with E-state index in [-0.39, 0.29) is 17.7 Å². The largest absolute Gasteiger partial charge is 0.481 e. The Balaban J connectivity index is 1.53. The summed E-state index contributed by atoms with van der Waals surface area (Å²) in [6.07, 6.45) is 1.55. The van der Waals surface area contributed by atoms with Crippen LogP contribution in [-0.4, -0.2) is 41.5 Å². The van der Waals surface area contributed by atoms with Crippen LogP contribution in [0.1, 0.15) is 26.3 Å². The molecule has 0 fully saturated rings. The number of hydrogen-bond donors (Lipinski definition) is 0. The zero-order valence-corrected chi connectivity index (χ0v) is 13.3. The van der Waals surface area contributed by atoms with E-state index in [0.717, 1.165) is 5.56 Å². The molecule has 0 aliphatic carbocycles. The Morgan fingerprint density at radius 2 is 1.80 bits per heavy atom. The van der Waals surface area contributed by atoms with Crippen LogP contribution in [0.2, 0.25) is 0 Å². The first-order valence-electron chi connectivity index (χ1n) is 7.35. The number of benzene rings is 1. The Bertz CT molecular complexity index is 800. The van der Waals surface area contributed by atoms with Gasteiger partial charge in [-0.25, -0.2) is 9.78 Å². The minimum absolute atomic E-state index is 0.121. The third kappa shape index (κ3) is 3.48. The lowest BCUT2D eigenvalue weighted by atomic mass is 10.1. The van der Waals surface area contributed by atoms with E-state index in [9.17, 15) is 14.4 Å². The van der Waals surface area contributed by atoms with Crippen molar-refractivity contribution in [2.75, 3.05) is 13.7 Å². The first-order valence-corrected chi connectivity index (χ1v) is 7.35. The van der Waals surface area contributed by atoms with Crippen LogP contribution < -0.4 is 4.74 Å². The van der Waals surface area contributed by atoms with E-state index in [1.54, 1.807) is 30.5 Å². The van der Waals surface area contributed by atoms with Crippen molar-refractivity contribution < 1.29 is 28.7 Å². The Labute approximate surface area is 142 Å². The topological polar surface area (TPSA) is 95.0 Å². The molecular weight excluding hydrogens is 328 g/mol. The molecule has 2 amide bonds. The fourth-order valence-electron chi connectivity index (χ4n) is 2.28. The van der Waals surface area contributed by atoms with Gasteiger partial charge in [0.25, 0.3) is 11.8 Å². The molecule has 2 heterocycles. The molecule has 0 radical (unpaired) electrons. The molecule has 2 aromatic rings. The van der Waals surface area contributed by atoms with Crippen molar-refractivity contribution in [2.24, 2.45) is 0 Å². The number of amides is 2. The summed E-state index contributed by atoms with van der Waals surface area (Å²) in [5.74, 6) is -1.77. The van der Waals surface area contributed by atoms with Gasteiger partial charge in [-0.3, -0.25) is 9.59 Å². The lowest BCUT2D eigenvalue weighted by molar-refractivity contribution is -0.174. The van der Waals surface area contributed by atoms with E-state index in [0.29, 0.717) is 10.9 Å². The molecule has 128 valence electrons. The number of methoxy groups -OCH3 is 1. The minimum Gasteiger partial charge on any atom is -0.481 e. The lowest BCUT2D eigenvalue weighted by Gasteiger charge is -2.12. The van der Waals surface area contributed by atoms with Gasteiger partial charge in [0.2, 0.25) is 5.88 Å². The molecule has 1 aliphatic heterocycles. The Hall–Kier alpha value is -3.26. The van der Waals surface area contributed by atoms with Crippen molar-refractivity contribution in [3.8, 4) is 5.88 Å². The summed E-state index contributed by atoms with van der Waals surface area (Å²) in [6, 6.07) is 9.61. The normalized spacial score (nSPS) is 12.9. The van der Waals surface area contributed by atoms with Gasteiger partial charge in [-0.2, -0.15) is 0 Å². The van der Waals surface area contributed by atoms with Crippen molar-refractivity contribution in [3.05, 3.63) is 59.3 Å². The van der Waals surface area contributed by atoms with Gasteiger partial charge >= 0.3 is 5.97 Å². The minimum atomic E-state index is -0.851. The highest BCUT2D eigenvalue weighted by molar-refractivity contribution is 6.20. The highest BCUT2D eigenvalue weighted by Gasteiger charge is 2.38. The number of hydroxylamine groups is 2. The number of carbonyl (C=O) groups excluding carboxylic acids is 3. The summed E-state index contributed by atoms with van der Waals surface area (Å²) in [5, 5.41) is 0.450. The highest BCUT2D eigenvalue weighted by atomic mass is 16.7. The Kier molecular flexibility index (Phi) is 4.71. The van der Waals surface area contributed by atoms with Crippen molar-refractivity contribution >= 4 is 17.8 Å². The van der Waals surface area contributed by atoms with Crippen LogP contribution in [0.15, 0.2) is 42.6 Å². The molecule has 0 atom stereocenters. The second kappa shape index (κ2) is 7.10. The second-order valence-corrected chi connectivity index (χ2v) is 5.11. The van der Waals surface area contributed by atoms with Gasteiger partial charge in [-0.15, -0.1) is 0 Å². The molecule has 0 N–H and O–H groups in total. The predicted octanol–water partition coefficient (Wildman–Crippen LogP) is 1.36. The standard InChI is InChI=1S/C17H14N2O6/c1-23-14-8-11(6-7-18-14)9-24-10-15(20)25-19-16(21)12-4-2-3-5-13(12)17(19)22/h2-8H,9-10H2,1H3. The van der Waals surface area contributed by atoms with Crippen LogP contribution in [0.3, 0.4) is 0 Å². The number of fused-ring (bicyclic) bond motifs is 1. The summed E-state index contributed by atoms with van der Waals surface area (Å²) in [4.78, 5) is 44.8. The molecule has 0 spiro atoms. The molecule has 1 aliphatic rings. The fraction of sp³-hybridized carbons (Fsp3) is 0.176. The number of nitrogens with zero attached hydrogens (tertiary/aromatic N) is 2. The number of hydrogen-bond acceptors (Lipinski definition) is 7. The molecule has 0 saturated carbocycles. The lowest BCUT2D eigenvalue weighted by Crippen LogP contribution is -2.34. The van der Waals surface area contributed by atoms with Gasteiger partial charge in [-0.1, -0.05) is 17.2 Å². The van der Waals surface area contributed by atoms with Crippen LogP contribution in [0.25, 0.3) is 0 Å². The van der Waals surface area contributed by atoms with Crippen molar-refractivity contribution in [1.29, 1.82) is 0 Å². The summed E-state index contributed by atoms with van der Waals surface area (Å²) in [6.45, 7) is -0.297. The molecule has 8 heteroatoms.